The highest BCUT2D eigenvalue weighted by Gasteiger charge is 2.10. The SMILES string of the molecule is CNC(=CC(=CN)C(C)C)Nc1ccc2ncc(-c3sc(C)nc3C)cc2n1. The molecule has 0 aliphatic carbocycles. The summed E-state index contributed by atoms with van der Waals surface area (Å²) in [5.74, 6) is 1.90. The van der Waals surface area contributed by atoms with Crippen LogP contribution in [-0.4, -0.2) is 22.0 Å². The van der Waals surface area contributed by atoms with Crippen molar-refractivity contribution in [1.82, 2.24) is 20.3 Å². The molecule has 0 amide bonds. The molecule has 0 saturated carbocycles. The first kappa shape index (κ1) is 19.8. The second-order valence-electron chi connectivity index (χ2n) is 6.86. The number of pyridine rings is 2. The van der Waals surface area contributed by atoms with Gasteiger partial charge in [0.2, 0.25) is 0 Å². The lowest BCUT2D eigenvalue weighted by Crippen LogP contribution is -2.16. The summed E-state index contributed by atoms with van der Waals surface area (Å²) in [5.41, 5.74) is 10.5. The van der Waals surface area contributed by atoms with Crippen molar-refractivity contribution in [3.8, 4) is 10.4 Å². The number of fused-ring (bicyclic) bond motifs is 1. The second-order valence-corrected chi connectivity index (χ2v) is 8.06. The number of allylic oxidation sites excluding steroid dienone is 2. The van der Waals surface area contributed by atoms with Crippen molar-refractivity contribution in [1.29, 1.82) is 0 Å². The first-order chi connectivity index (χ1) is 13.4. The smallest absolute Gasteiger partial charge is 0.132 e. The zero-order valence-corrected chi connectivity index (χ0v) is 17.7. The predicted molar refractivity (Wildman–Crippen MR) is 118 cm³/mol. The molecule has 3 rings (SSSR count). The lowest BCUT2D eigenvalue weighted by atomic mass is 10.0. The minimum Gasteiger partial charge on any atom is -0.404 e. The minimum absolute atomic E-state index is 0.331. The summed E-state index contributed by atoms with van der Waals surface area (Å²) in [6.07, 6.45) is 5.51. The van der Waals surface area contributed by atoms with Gasteiger partial charge in [-0.25, -0.2) is 9.97 Å². The Bertz CT molecular complexity index is 1050. The van der Waals surface area contributed by atoms with E-state index >= 15 is 0 Å². The van der Waals surface area contributed by atoms with E-state index in [0.717, 1.165) is 49.4 Å². The lowest BCUT2D eigenvalue weighted by molar-refractivity contribution is 0.783. The summed E-state index contributed by atoms with van der Waals surface area (Å²) >= 11 is 1.67. The summed E-state index contributed by atoms with van der Waals surface area (Å²) in [5, 5.41) is 7.53. The van der Waals surface area contributed by atoms with Crippen LogP contribution < -0.4 is 16.4 Å². The van der Waals surface area contributed by atoms with Crippen molar-refractivity contribution in [2.75, 3.05) is 12.4 Å². The van der Waals surface area contributed by atoms with E-state index in [9.17, 15) is 0 Å². The molecule has 28 heavy (non-hydrogen) atoms. The van der Waals surface area contributed by atoms with E-state index in [1.54, 1.807) is 17.5 Å². The Morgan fingerprint density at radius 3 is 2.57 bits per heavy atom. The van der Waals surface area contributed by atoms with E-state index in [1.165, 1.54) is 0 Å². The van der Waals surface area contributed by atoms with E-state index in [4.69, 9.17) is 10.7 Å². The number of nitrogens with two attached hydrogens (primary N) is 1. The topological polar surface area (TPSA) is 88.8 Å². The highest BCUT2D eigenvalue weighted by atomic mass is 32.1. The molecule has 0 aromatic carbocycles. The molecule has 6 nitrogen and oxygen atoms in total. The Labute approximate surface area is 169 Å². The van der Waals surface area contributed by atoms with Gasteiger partial charge in [-0.1, -0.05) is 13.8 Å². The third-order valence-corrected chi connectivity index (χ3v) is 5.53. The maximum atomic E-state index is 5.74. The number of anilines is 1. The number of thiazole rings is 1. The van der Waals surface area contributed by atoms with E-state index < -0.39 is 0 Å². The quantitative estimate of drug-likeness (QED) is 0.539. The normalized spacial score (nSPS) is 12.6. The van der Waals surface area contributed by atoms with Gasteiger partial charge in [-0.15, -0.1) is 11.3 Å². The van der Waals surface area contributed by atoms with Gasteiger partial charge in [0.15, 0.2) is 0 Å². The van der Waals surface area contributed by atoms with Crippen LogP contribution in [0.25, 0.3) is 21.5 Å². The zero-order chi connectivity index (χ0) is 20.3. The standard InChI is InChI=1S/C21H26N6S/c1-12(2)15(10-22)9-20(23-5)27-19-7-6-17-18(26-19)8-16(11-24-17)21-13(3)25-14(4)28-21/h6-12,23H,22H2,1-5H3,(H,26,27). The molecular weight excluding hydrogens is 368 g/mol. The average molecular weight is 395 g/mol. The molecule has 0 atom stereocenters. The largest absolute Gasteiger partial charge is 0.404 e. The van der Waals surface area contributed by atoms with Crippen LogP contribution in [0.4, 0.5) is 5.82 Å². The fourth-order valence-electron chi connectivity index (χ4n) is 2.88. The molecule has 0 spiro atoms. The molecular formula is C21H26N6S. The molecule has 146 valence electrons. The lowest BCUT2D eigenvalue weighted by Gasteiger charge is -2.13. The molecule has 4 N–H and O–H groups in total. The van der Waals surface area contributed by atoms with Crippen LogP contribution in [0.5, 0.6) is 0 Å². The van der Waals surface area contributed by atoms with Gasteiger partial charge in [0.05, 0.1) is 26.6 Å². The molecule has 0 unspecified atom stereocenters. The van der Waals surface area contributed by atoms with Gasteiger partial charge in [0.25, 0.3) is 0 Å². The monoisotopic (exact) mass is 394 g/mol. The van der Waals surface area contributed by atoms with Gasteiger partial charge >= 0.3 is 0 Å². The summed E-state index contributed by atoms with van der Waals surface area (Å²) in [6.45, 7) is 8.25. The fourth-order valence-corrected chi connectivity index (χ4v) is 3.78. The van der Waals surface area contributed by atoms with E-state index in [1.807, 2.05) is 45.3 Å². The highest BCUT2D eigenvalue weighted by molar-refractivity contribution is 7.15. The molecule has 3 aromatic rings. The molecule has 0 aliphatic heterocycles. The molecule has 0 fully saturated rings. The van der Waals surface area contributed by atoms with Crippen molar-refractivity contribution in [2.24, 2.45) is 11.7 Å². The summed E-state index contributed by atoms with van der Waals surface area (Å²) in [7, 11) is 1.86. The Morgan fingerprint density at radius 2 is 1.96 bits per heavy atom. The van der Waals surface area contributed by atoms with Crippen LogP contribution in [0, 0.1) is 19.8 Å². The summed E-state index contributed by atoms with van der Waals surface area (Å²) in [6, 6.07) is 5.95. The average Bonchev–Trinajstić information content (AvgIpc) is 3.02. The van der Waals surface area contributed by atoms with Gasteiger partial charge in [-0.3, -0.25) is 4.98 Å². The van der Waals surface area contributed by atoms with Gasteiger partial charge in [-0.05, 0) is 55.8 Å². The van der Waals surface area contributed by atoms with E-state index in [-0.39, 0.29) is 0 Å². The number of aryl methyl sites for hydroxylation is 2. The number of nitrogens with zero attached hydrogens (tertiary/aromatic N) is 3. The Hall–Kier alpha value is -2.93. The van der Waals surface area contributed by atoms with Gasteiger partial charge in [0.1, 0.15) is 11.6 Å². The Kier molecular flexibility index (Phi) is 5.94. The first-order valence-electron chi connectivity index (χ1n) is 9.20. The molecule has 3 heterocycles. The molecule has 7 heteroatoms. The number of aromatic nitrogens is 3. The Morgan fingerprint density at radius 1 is 1.18 bits per heavy atom. The highest BCUT2D eigenvalue weighted by Crippen LogP contribution is 2.30. The zero-order valence-electron chi connectivity index (χ0n) is 16.9. The van der Waals surface area contributed by atoms with Crippen molar-refractivity contribution >= 4 is 28.2 Å². The third-order valence-electron chi connectivity index (χ3n) is 4.41. The number of nitrogens with one attached hydrogen (secondary N) is 2. The van der Waals surface area contributed by atoms with Crippen LogP contribution in [-0.2, 0) is 0 Å². The maximum absolute atomic E-state index is 5.74. The molecule has 0 saturated heterocycles. The van der Waals surface area contributed by atoms with Gasteiger partial charge in [0, 0.05) is 18.8 Å². The first-order valence-corrected chi connectivity index (χ1v) is 10.0. The molecule has 3 aromatic heterocycles. The van der Waals surface area contributed by atoms with E-state index in [0.29, 0.717) is 5.92 Å². The predicted octanol–water partition coefficient (Wildman–Crippen LogP) is 4.34. The van der Waals surface area contributed by atoms with Crippen molar-refractivity contribution in [3.05, 3.63) is 58.8 Å². The molecule has 0 radical (unpaired) electrons. The number of rotatable bonds is 6. The summed E-state index contributed by atoms with van der Waals surface area (Å²) in [4.78, 5) is 15.0. The number of hydrogen-bond donors (Lipinski definition) is 3. The van der Waals surface area contributed by atoms with E-state index in [2.05, 4.69) is 40.5 Å². The molecule has 0 bridgehead atoms. The van der Waals surface area contributed by atoms with Crippen LogP contribution in [0.2, 0.25) is 0 Å². The van der Waals surface area contributed by atoms with Crippen LogP contribution in [0.1, 0.15) is 24.5 Å². The maximum Gasteiger partial charge on any atom is 0.132 e. The fraction of sp³-hybridized carbons (Fsp3) is 0.286. The summed E-state index contributed by atoms with van der Waals surface area (Å²) < 4.78 is 0. The van der Waals surface area contributed by atoms with Gasteiger partial charge in [-0.2, -0.15) is 0 Å². The minimum atomic E-state index is 0.331. The van der Waals surface area contributed by atoms with Crippen LogP contribution in [0.3, 0.4) is 0 Å². The van der Waals surface area contributed by atoms with Gasteiger partial charge < -0.3 is 16.4 Å². The number of hydrogen-bond acceptors (Lipinski definition) is 7. The van der Waals surface area contributed by atoms with Crippen LogP contribution >= 0.6 is 11.3 Å². The molecule has 0 aliphatic rings. The Balaban J connectivity index is 1.94. The van der Waals surface area contributed by atoms with Crippen LogP contribution in [0.15, 0.2) is 48.1 Å². The van der Waals surface area contributed by atoms with Crippen molar-refractivity contribution in [3.63, 3.8) is 0 Å². The third kappa shape index (κ3) is 4.31. The van der Waals surface area contributed by atoms with Crippen molar-refractivity contribution < 1.29 is 0 Å². The second kappa shape index (κ2) is 8.39. The van der Waals surface area contributed by atoms with Crippen molar-refractivity contribution in [2.45, 2.75) is 27.7 Å².